The second-order valence-electron chi connectivity index (χ2n) is 8.50. The van der Waals surface area contributed by atoms with Crippen molar-refractivity contribution < 1.29 is 4.79 Å². The van der Waals surface area contributed by atoms with E-state index in [9.17, 15) is 4.79 Å². The summed E-state index contributed by atoms with van der Waals surface area (Å²) < 4.78 is 0. The molecule has 0 saturated carbocycles. The zero-order valence-electron chi connectivity index (χ0n) is 19.1. The Morgan fingerprint density at radius 3 is 2.00 bits per heavy atom. The van der Waals surface area contributed by atoms with Crippen molar-refractivity contribution >= 4 is 58.9 Å². The van der Waals surface area contributed by atoms with Crippen LogP contribution in [0.2, 0.25) is 10.0 Å². The van der Waals surface area contributed by atoms with Crippen LogP contribution in [0.3, 0.4) is 0 Å². The Morgan fingerprint density at radius 2 is 1.38 bits per heavy atom. The van der Waals surface area contributed by atoms with Gasteiger partial charge in [-0.05, 0) is 86.1 Å². The molecule has 0 heterocycles. The van der Waals surface area contributed by atoms with Gasteiger partial charge in [-0.2, -0.15) is 0 Å². The lowest BCUT2D eigenvalue weighted by Gasteiger charge is -2.30. The largest absolute Gasteiger partial charge is 0.338 e. The highest BCUT2D eigenvalue weighted by molar-refractivity contribution is 14.0. The molecule has 4 N–H and O–H groups in total. The Labute approximate surface area is 229 Å². The molecule has 2 amide bonds. The van der Waals surface area contributed by atoms with Crippen molar-refractivity contribution in [1.29, 1.82) is 0 Å². The van der Waals surface area contributed by atoms with E-state index in [2.05, 4.69) is 22.8 Å². The molecule has 0 aliphatic carbocycles. The van der Waals surface area contributed by atoms with Crippen molar-refractivity contribution in [1.82, 2.24) is 5.32 Å². The van der Waals surface area contributed by atoms with E-state index < -0.39 is 0 Å². The molecule has 3 rings (SSSR count). The second kappa shape index (κ2) is 14.6. The number of benzene rings is 3. The lowest BCUT2D eigenvalue weighted by atomic mass is 9.82. The molecule has 0 aliphatic heterocycles. The van der Waals surface area contributed by atoms with Crippen LogP contribution in [0.1, 0.15) is 36.8 Å². The monoisotopic (exact) mass is 611 g/mol. The van der Waals surface area contributed by atoms with Crippen LogP contribution in [-0.2, 0) is 12.8 Å². The number of halogens is 3. The molecule has 0 aliphatic rings. The van der Waals surface area contributed by atoms with E-state index in [1.807, 2.05) is 66.7 Å². The number of para-hydroxylation sites is 1. The first-order valence-electron chi connectivity index (χ1n) is 11.3. The number of carbonyl (C=O) groups is 1. The molecule has 182 valence electrons. The molecule has 1 atom stereocenters. The van der Waals surface area contributed by atoms with Gasteiger partial charge in [-0.25, -0.2) is 4.79 Å². The molecule has 3 aromatic carbocycles. The third-order valence-corrected chi connectivity index (χ3v) is 6.22. The molecule has 1 unspecified atom stereocenters. The first-order valence-corrected chi connectivity index (χ1v) is 12.1. The van der Waals surface area contributed by atoms with E-state index in [0.29, 0.717) is 6.54 Å². The zero-order chi connectivity index (χ0) is 23.5. The number of rotatable bonds is 11. The van der Waals surface area contributed by atoms with Gasteiger partial charge in [-0.3, -0.25) is 0 Å². The number of hydrogen-bond acceptors (Lipinski definition) is 2. The summed E-state index contributed by atoms with van der Waals surface area (Å²) in [7, 11) is 0. The van der Waals surface area contributed by atoms with Crippen LogP contribution in [0.5, 0.6) is 0 Å². The van der Waals surface area contributed by atoms with Crippen molar-refractivity contribution in [2.24, 2.45) is 5.73 Å². The number of nitrogens with one attached hydrogen (secondary N) is 2. The first kappa shape index (κ1) is 28.4. The number of carbonyl (C=O) groups excluding carboxylic acids is 1. The van der Waals surface area contributed by atoms with Gasteiger partial charge < -0.3 is 16.4 Å². The molecular weight excluding hydrogens is 580 g/mol. The highest BCUT2D eigenvalue weighted by atomic mass is 127. The lowest BCUT2D eigenvalue weighted by Crippen LogP contribution is -2.42. The summed E-state index contributed by atoms with van der Waals surface area (Å²) in [6, 6.07) is 25.1. The summed E-state index contributed by atoms with van der Waals surface area (Å²) in [5, 5.41) is 7.22. The number of hydrogen-bond donors (Lipinski definition) is 3. The van der Waals surface area contributed by atoms with Crippen LogP contribution < -0.4 is 16.4 Å². The Hall–Kier alpha value is -1.80. The summed E-state index contributed by atoms with van der Waals surface area (Å²) in [6.07, 6.45) is 5.18. The highest BCUT2D eigenvalue weighted by Gasteiger charge is 2.25. The predicted molar refractivity (Wildman–Crippen MR) is 155 cm³/mol. The summed E-state index contributed by atoms with van der Waals surface area (Å²) >= 11 is 12.1. The molecule has 7 heteroatoms. The lowest BCUT2D eigenvalue weighted by molar-refractivity contribution is 0.251. The standard InChI is InChI=1S/C27H31Cl2N3O.HI/c28-23-12-8-21(9-13-23)16-18-27(30,20-22-10-14-24(29)15-11-22)17-4-5-19-31-26(33)32-25-6-2-1-3-7-25;/h1-3,6-15H,4-5,16-20,30H2,(H2,31,32,33);1H. The number of anilines is 1. The van der Waals surface area contributed by atoms with Gasteiger partial charge in [0.25, 0.3) is 0 Å². The minimum Gasteiger partial charge on any atom is -0.338 e. The Morgan fingerprint density at radius 1 is 0.794 bits per heavy atom. The number of amides is 2. The van der Waals surface area contributed by atoms with E-state index in [1.165, 1.54) is 11.1 Å². The average Bonchev–Trinajstić information content (AvgIpc) is 2.81. The Kier molecular flexibility index (Phi) is 12.2. The van der Waals surface area contributed by atoms with Gasteiger partial charge in [-0.1, -0.05) is 65.7 Å². The maximum atomic E-state index is 12.1. The third kappa shape index (κ3) is 10.2. The fourth-order valence-electron chi connectivity index (χ4n) is 3.86. The molecule has 0 spiro atoms. The summed E-state index contributed by atoms with van der Waals surface area (Å²) in [4.78, 5) is 12.1. The molecule has 0 saturated heterocycles. The van der Waals surface area contributed by atoms with Crippen molar-refractivity contribution in [3.8, 4) is 0 Å². The smallest absolute Gasteiger partial charge is 0.319 e. The molecule has 0 aromatic heterocycles. The quantitative estimate of drug-likeness (QED) is 0.155. The molecule has 0 fully saturated rings. The number of nitrogens with two attached hydrogens (primary N) is 1. The van der Waals surface area contributed by atoms with Crippen LogP contribution in [0.4, 0.5) is 10.5 Å². The minimum atomic E-state index is -0.347. The summed E-state index contributed by atoms with van der Waals surface area (Å²) in [5.74, 6) is 0. The van der Waals surface area contributed by atoms with Crippen molar-refractivity contribution in [3.63, 3.8) is 0 Å². The van der Waals surface area contributed by atoms with Crippen molar-refractivity contribution in [2.75, 3.05) is 11.9 Å². The maximum Gasteiger partial charge on any atom is 0.319 e. The fourth-order valence-corrected chi connectivity index (χ4v) is 4.11. The topological polar surface area (TPSA) is 67.1 Å². The maximum absolute atomic E-state index is 12.1. The zero-order valence-corrected chi connectivity index (χ0v) is 22.9. The van der Waals surface area contributed by atoms with Gasteiger partial charge in [0.2, 0.25) is 0 Å². The van der Waals surface area contributed by atoms with Crippen LogP contribution in [0.15, 0.2) is 78.9 Å². The number of aryl methyl sites for hydroxylation is 1. The molecule has 34 heavy (non-hydrogen) atoms. The van der Waals surface area contributed by atoms with Gasteiger partial charge >= 0.3 is 6.03 Å². The number of urea groups is 1. The van der Waals surface area contributed by atoms with E-state index >= 15 is 0 Å². The molecule has 0 radical (unpaired) electrons. The van der Waals surface area contributed by atoms with Gasteiger partial charge in [-0.15, -0.1) is 24.0 Å². The first-order chi connectivity index (χ1) is 15.9. The summed E-state index contributed by atoms with van der Waals surface area (Å²) in [5.41, 5.74) is 9.77. The SMILES string of the molecule is I.NC(CCCCNC(=O)Nc1ccccc1)(CCc1ccc(Cl)cc1)Cc1ccc(Cl)cc1. The average molecular weight is 612 g/mol. The fraction of sp³-hybridized carbons (Fsp3) is 0.296. The van der Waals surface area contributed by atoms with E-state index in [-0.39, 0.29) is 35.5 Å². The van der Waals surface area contributed by atoms with E-state index in [1.54, 1.807) is 0 Å². The van der Waals surface area contributed by atoms with E-state index in [0.717, 1.165) is 54.3 Å². The molecule has 4 nitrogen and oxygen atoms in total. The van der Waals surface area contributed by atoms with Crippen LogP contribution >= 0.6 is 47.2 Å². The van der Waals surface area contributed by atoms with Gasteiger partial charge in [0.05, 0.1) is 0 Å². The normalized spacial score (nSPS) is 12.3. The van der Waals surface area contributed by atoms with Crippen LogP contribution in [0.25, 0.3) is 0 Å². The predicted octanol–water partition coefficient (Wildman–Crippen LogP) is 7.48. The highest BCUT2D eigenvalue weighted by Crippen LogP contribution is 2.25. The minimum absolute atomic E-state index is 0. The van der Waals surface area contributed by atoms with E-state index in [4.69, 9.17) is 28.9 Å². The van der Waals surface area contributed by atoms with Gasteiger partial charge in [0.1, 0.15) is 0 Å². The van der Waals surface area contributed by atoms with Gasteiger partial charge in [0, 0.05) is 27.8 Å². The summed E-state index contributed by atoms with van der Waals surface area (Å²) in [6.45, 7) is 0.604. The van der Waals surface area contributed by atoms with Crippen molar-refractivity contribution in [2.45, 2.75) is 44.1 Å². The molecule has 3 aromatic rings. The van der Waals surface area contributed by atoms with Crippen molar-refractivity contribution in [3.05, 3.63) is 100 Å². The molecule has 0 bridgehead atoms. The third-order valence-electron chi connectivity index (χ3n) is 5.71. The second-order valence-corrected chi connectivity index (χ2v) is 9.37. The Bertz CT molecular complexity index is 1000. The molecular formula is C27H32Cl2IN3O. The number of unbranched alkanes of at least 4 members (excludes halogenated alkanes) is 1. The van der Waals surface area contributed by atoms with Crippen LogP contribution in [0, 0.1) is 0 Å². The Balaban J connectivity index is 0.00000408. The van der Waals surface area contributed by atoms with Gasteiger partial charge in [0.15, 0.2) is 0 Å². The van der Waals surface area contributed by atoms with Crippen LogP contribution in [-0.4, -0.2) is 18.1 Å².